The molecule has 1 N–H and O–H groups in total. The molecule has 106 valence electrons. The van der Waals surface area contributed by atoms with Crippen LogP contribution in [0.15, 0.2) is 33.2 Å². The van der Waals surface area contributed by atoms with Gasteiger partial charge in [0.25, 0.3) is 0 Å². The van der Waals surface area contributed by atoms with Crippen LogP contribution in [0, 0.1) is 0 Å². The summed E-state index contributed by atoms with van der Waals surface area (Å²) in [4.78, 5) is 0. The van der Waals surface area contributed by atoms with Crippen LogP contribution in [-0.2, 0) is 6.54 Å². The molecule has 1 aromatic rings. The summed E-state index contributed by atoms with van der Waals surface area (Å²) in [5.41, 5.74) is 2.37. The average molecular weight is 391 g/mol. The van der Waals surface area contributed by atoms with E-state index in [9.17, 15) is 0 Å². The molecule has 0 unspecified atom stereocenters. The zero-order valence-electron chi connectivity index (χ0n) is 11.6. The van der Waals surface area contributed by atoms with Gasteiger partial charge in [0.05, 0.1) is 15.6 Å². The molecule has 2 nitrogen and oxygen atoms in total. The normalized spacial score (nSPS) is 10.5. The molecule has 0 spiro atoms. The maximum Gasteiger partial charge on any atom is 0.147 e. The quantitative estimate of drug-likeness (QED) is 0.495. The third kappa shape index (κ3) is 6.11. The number of halogens is 2. The topological polar surface area (TPSA) is 21.3 Å². The van der Waals surface area contributed by atoms with E-state index in [0.717, 1.165) is 46.2 Å². The highest BCUT2D eigenvalue weighted by atomic mass is 79.9. The number of rotatable bonds is 8. The monoisotopic (exact) mass is 389 g/mol. The van der Waals surface area contributed by atoms with Crippen molar-refractivity contribution in [2.75, 3.05) is 13.2 Å². The largest absolute Gasteiger partial charge is 0.491 e. The van der Waals surface area contributed by atoms with Crippen LogP contribution < -0.4 is 10.1 Å². The number of nitrogens with one attached hydrogen (secondary N) is 1. The second-order valence-corrected chi connectivity index (χ2v) is 6.33. The van der Waals surface area contributed by atoms with Crippen LogP contribution in [0.3, 0.4) is 0 Å². The van der Waals surface area contributed by atoms with Crippen molar-refractivity contribution in [3.05, 3.63) is 38.8 Å². The second kappa shape index (κ2) is 8.77. The van der Waals surface area contributed by atoms with Crippen LogP contribution in [0.5, 0.6) is 5.75 Å². The molecule has 0 radical (unpaired) electrons. The molecule has 0 saturated heterocycles. The fraction of sp³-hybridized carbons (Fsp3) is 0.467. The van der Waals surface area contributed by atoms with Gasteiger partial charge in [-0.1, -0.05) is 12.5 Å². The van der Waals surface area contributed by atoms with E-state index in [2.05, 4.69) is 62.8 Å². The number of hydrogen-bond acceptors (Lipinski definition) is 2. The summed E-state index contributed by atoms with van der Waals surface area (Å²) in [6.45, 7) is 10.6. The first-order valence-corrected chi connectivity index (χ1v) is 8.09. The van der Waals surface area contributed by atoms with Gasteiger partial charge in [0.1, 0.15) is 5.75 Å². The van der Waals surface area contributed by atoms with E-state index in [4.69, 9.17) is 4.74 Å². The molecule has 0 heterocycles. The smallest absolute Gasteiger partial charge is 0.147 e. The highest BCUT2D eigenvalue weighted by molar-refractivity contribution is 9.11. The Hall–Kier alpha value is -0.320. The van der Waals surface area contributed by atoms with Crippen molar-refractivity contribution in [2.24, 2.45) is 0 Å². The fourth-order valence-corrected chi connectivity index (χ4v) is 3.10. The lowest BCUT2D eigenvalue weighted by Crippen LogP contribution is -2.13. The van der Waals surface area contributed by atoms with Crippen LogP contribution in [-0.4, -0.2) is 13.2 Å². The number of benzene rings is 1. The first-order chi connectivity index (χ1) is 9.04. The fourth-order valence-electron chi connectivity index (χ4n) is 1.59. The standard InChI is InChI=1S/C15H21Br2NO/c1-4-6-18-10-12-8-13(16)15(14(17)9-12)19-7-5-11(2)3/h8-9,18H,2,4-7,10H2,1,3H3. The summed E-state index contributed by atoms with van der Waals surface area (Å²) in [6.07, 6.45) is 2.02. The molecule has 0 atom stereocenters. The van der Waals surface area contributed by atoms with Crippen molar-refractivity contribution in [1.29, 1.82) is 0 Å². The van der Waals surface area contributed by atoms with Crippen molar-refractivity contribution in [3.63, 3.8) is 0 Å². The first-order valence-electron chi connectivity index (χ1n) is 6.50. The molecule has 0 aliphatic heterocycles. The lowest BCUT2D eigenvalue weighted by Gasteiger charge is -2.12. The molecular formula is C15H21Br2NO. The van der Waals surface area contributed by atoms with Gasteiger partial charge in [0.15, 0.2) is 0 Å². The van der Waals surface area contributed by atoms with Gasteiger partial charge in [-0.15, -0.1) is 6.58 Å². The van der Waals surface area contributed by atoms with Crippen molar-refractivity contribution >= 4 is 31.9 Å². The molecule has 0 aliphatic rings. The summed E-state index contributed by atoms with van der Waals surface area (Å²) >= 11 is 7.14. The molecular weight excluding hydrogens is 370 g/mol. The second-order valence-electron chi connectivity index (χ2n) is 4.62. The molecule has 1 rings (SSSR count). The Balaban J connectivity index is 2.65. The van der Waals surface area contributed by atoms with Crippen LogP contribution in [0.25, 0.3) is 0 Å². The Morgan fingerprint density at radius 2 is 1.95 bits per heavy atom. The van der Waals surface area contributed by atoms with Crippen LogP contribution in [0.4, 0.5) is 0 Å². The van der Waals surface area contributed by atoms with Gasteiger partial charge in [0, 0.05) is 13.0 Å². The Morgan fingerprint density at radius 1 is 1.32 bits per heavy atom. The SMILES string of the molecule is C=C(C)CCOc1c(Br)cc(CNCCC)cc1Br. The van der Waals surface area contributed by atoms with Gasteiger partial charge in [0.2, 0.25) is 0 Å². The predicted molar refractivity (Wildman–Crippen MR) is 88.8 cm³/mol. The molecule has 0 aromatic heterocycles. The van der Waals surface area contributed by atoms with Gasteiger partial charge >= 0.3 is 0 Å². The van der Waals surface area contributed by atoms with Crippen LogP contribution in [0.1, 0.15) is 32.3 Å². The van der Waals surface area contributed by atoms with E-state index in [1.54, 1.807) is 0 Å². The van der Waals surface area contributed by atoms with Crippen molar-refractivity contribution in [1.82, 2.24) is 5.32 Å². The molecule has 0 amide bonds. The molecule has 19 heavy (non-hydrogen) atoms. The Labute approximate surface area is 132 Å². The third-order valence-electron chi connectivity index (χ3n) is 2.59. The van der Waals surface area contributed by atoms with Crippen molar-refractivity contribution in [2.45, 2.75) is 33.2 Å². The van der Waals surface area contributed by atoms with Crippen LogP contribution >= 0.6 is 31.9 Å². The zero-order valence-corrected chi connectivity index (χ0v) is 14.7. The Bertz CT molecular complexity index is 409. The maximum atomic E-state index is 5.78. The van der Waals surface area contributed by atoms with E-state index >= 15 is 0 Å². The van der Waals surface area contributed by atoms with Crippen molar-refractivity contribution in [3.8, 4) is 5.75 Å². The van der Waals surface area contributed by atoms with Crippen molar-refractivity contribution < 1.29 is 4.74 Å². The number of ether oxygens (including phenoxy) is 1. The average Bonchev–Trinajstić information content (AvgIpc) is 2.32. The first kappa shape index (κ1) is 16.7. The minimum Gasteiger partial charge on any atom is -0.491 e. The van der Waals surface area contributed by atoms with Gasteiger partial charge in [-0.25, -0.2) is 0 Å². The predicted octanol–water partition coefficient (Wildman–Crippen LogP) is 5.06. The third-order valence-corrected chi connectivity index (χ3v) is 3.77. The van der Waals surface area contributed by atoms with Gasteiger partial charge in [-0.3, -0.25) is 0 Å². The van der Waals surface area contributed by atoms with E-state index in [-0.39, 0.29) is 0 Å². The molecule has 0 saturated carbocycles. The van der Waals surface area contributed by atoms with Gasteiger partial charge in [-0.05, 0) is 69.4 Å². The zero-order chi connectivity index (χ0) is 14.3. The van der Waals surface area contributed by atoms with E-state index in [1.807, 2.05) is 6.92 Å². The minimum atomic E-state index is 0.653. The van der Waals surface area contributed by atoms with E-state index in [1.165, 1.54) is 5.56 Å². The summed E-state index contributed by atoms with van der Waals surface area (Å²) in [7, 11) is 0. The molecule has 4 heteroatoms. The Morgan fingerprint density at radius 3 is 2.47 bits per heavy atom. The summed E-state index contributed by atoms with van der Waals surface area (Å²) < 4.78 is 7.75. The van der Waals surface area contributed by atoms with Gasteiger partial charge < -0.3 is 10.1 Å². The Kier molecular flexibility index (Phi) is 7.73. The van der Waals surface area contributed by atoms with E-state index < -0.39 is 0 Å². The highest BCUT2D eigenvalue weighted by Crippen LogP contribution is 2.35. The lowest BCUT2D eigenvalue weighted by atomic mass is 10.2. The van der Waals surface area contributed by atoms with E-state index in [0.29, 0.717) is 6.61 Å². The molecule has 0 bridgehead atoms. The summed E-state index contributed by atoms with van der Waals surface area (Å²) in [5.74, 6) is 0.862. The maximum absolute atomic E-state index is 5.78. The summed E-state index contributed by atoms with van der Waals surface area (Å²) in [5, 5.41) is 3.39. The minimum absolute atomic E-state index is 0.653. The summed E-state index contributed by atoms with van der Waals surface area (Å²) in [6, 6.07) is 4.20. The number of hydrogen-bond donors (Lipinski definition) is 1. The highest BCUT2D eigenvalue weighted by Gasteiger charge is 2.09. The molecule has 1 aromatic carbocycles. The lowest BCUT2D eigenvalue weighted by molar-refractivity contribution is 0.317. The van der Waals surface area contributed by atoms with Gasteiger partial charge in [-0.2, -0.15) is 0 Å². The molecule has 0 aliphatic carbocycles. The molecule has 0 fully saturated rings. The van der Waals surface area contributed by atoms with Crippen LogP contribution in [0.2, 0.25) is 0 Å².